The molecular weight excluding hydrogens is 970 g/mol. The molecule has 1 aromatic heterocycles. The van der Waals surface area contributed by atoms with Gasteiger partial charge in [-0.3, -0.25) is 14.5 Å². The van der Waals surface area contributed by atoms with E-state index in [4.69, 9.17) is 35.6 Å². The summed E-state index contributed by atoms with van der Waals surface area (Å²) in [4.78, 5) is 68.5. The van der Waals surface area contributed by atoms with Crippen molar-refractivity contribution in [1.29, 1.82) is 0 Å². The van der Waals surface area contributed by atoms with E-state index in [0.717, 1.165) is 27.8 Å². The van der Waals surface area contributed by atoms with Gasteiger partial charge < -0.3 is 29.7 Å². The molecule has 72 heavy (non-hydrogen) atoms. The number of hydrogen-bond acceptors (Lipinski definition) is 13. The third-order valence-electron chi connectivity index (χ3n) is 12.2. The minimum absolute atomic E-state index is 0.0139. The van der Waals surface area contributed by atoms with E-state index in [0.29, 0.717) is 27.8 Å². The minimum Gasteiger partial charge on any atom is -0.497 e. The summed E-state index contributed by atoms with van der Waals surface area (Å²) < 4.78 is 17.0. The predicted molar refractivity (Wildman–Crippen MR) is 278 cm³/mol. The van der Waals surface area contributed by atoms with Gasteiger partial charge in [-0.1, -0.05) is 169 Å². The van der Waals surface area contributed by atoms with Crippen LogP contribution in [-0.4, -0.2) is 75.6 Å². The number of carbonyl (C=O) groups is 4. The van der Waals surface area contributed by atoms with Crippen LogP contribution in [0.25, 0.3) is 0 Å². The number of fused-ring (bicyclic) bond motifs is 1. The van der Waals surface area contributed by atoms with Crippen molar-refractivity contribution in [3.8, 4) is 5.75 Å². The Kier molecular flexibility index (Phi) is 15.4. The van der Waals surface area contributed by atoms with Crippen LogP contribution < -0.4 is 15.4 Å². The Morgan fingerprint density at radius 3 is 1.86 bits per heavy atom. The number of β-lactam (4-membered cyclic amide) rings is 1. The van der Waals surface area contributed by atoms with Crippen LogP contribution in [0.2, 0.25) is 0 Å². The van der Waals surface area contributed by atoms with E-state index in [9.17, 15) is 19.2 Å². The highest BCUT2D eigenvalue weighted by Gasteiger charge is 2.55. The lowest BCUT2D eigenvalue weighted by atomic mass is 9.77. The van der Waals surface area contributed by atoms with Gasteiger partial charge in [0.1, 0.15) is 40.7 Å². The molecule has 1 fully saturated rings. The van der Waals surface area contributed by atoms with Gasteiger partial charge in [0, 0.05) is 17.0 Å². The van der Waals surface area contributed by atoms with Crippen LogP contribution in [0.4, 0.5) is 5.13 Å². The summed E-state index contributed by atoms with van der Waals surface area (Å²) in [6.07, 6.45) is -2.07. The van der Waals surface area contributed by atoms with Gasteiger partial charge in [-0.2, -0.15) is 0 Å². The SMILES string of the molecule is COc1ccc(COC(=O)C2=C(CCl)CS[C@H]3C(NC(=O)C(=NO[C@H](C)C(=O)OC(c4ccccc4)c4ccccc4)c4csc(NC(c5ccccc5)(c5ccccc5)c5ccccc5)n4)C(=O)N23)cc1. The second kappa shape index (κ2) is 22.6. The first kappa shape index (κ1) is 49.3. The second-order valence-corrected chi connectivity index (χ2v) is 18.9. The minimum atomic E-state index is -1.30. The summed E-state index contributed by atoms with van der Waals surface area (Å²) in [5.74, 6) is -1.88. The largest absolute Gasteiger partial charge is 0.497 e. The number of oxime groups is 1. The average molecular weight is 1020 g/mol. The Morgan fingerprint density at radius 1 is 0.792 bits per heavy atom. The summed E-state index contributed by atoms with van der Waals surface area (Å²) in [5, 5.41) is 12.3. The summed E-state index contributed by atoms with van der Waals surface area (Å²) in [5.41, 5.74) is 4.39. The van der Waals surface area contributed by atoms with Crippen LogP contribution in [0.5, 0.6) is 5.75 Å². The number of esters is 2. The first-order valence-electron chi connectivity index (χ1n) is 23.0. The number of aromatic nitrogens is 1. The molecule has 2 amide bonds. The number of benzene rings is 6. The fourth-order valence-corrected chi connectivity index (χ4v) is 10.9. The monoisotopic (exact) mass is 1020 g/mol. The van der Waals surface area contributed by atoms with Gasteiger partial charge in [0.15, 0.2) is 16.9 Å². The van der Waals surface area contributed by atoms with Crippen molar-refractivity contribution in [1.82, 2.24) is 15.2 Å². The molecule has 9 rings (SSSR count). The number of thiazole rings is 1. The number of carbonyl (C=O) groups excluding carboxylic acids is 4. The van der Waals surface area contributed by atoms with Crippen molar-refractivity contribution in [2.45, 2.75) is 42.7 Å². The molecule has 7 aromatic rings. The van der Waals surface area contributed by atoms with Crippen molar-refractivity contribution >= 4 is 69.3 Å². The van der Waals surface area contributed by atoms with E-state index in [-0.39, 0.29) is 29.6 Å². The number of halogens is 1. The van der Waals surface area contributed by atoms with Crippen LogP contribution in [-0.2, 0) is 45.6 Å². The van der Waals surface area contributed by atoms with E-state index in [1.807, 2.05) is 152 Å². The number of anilines is 1. The smallest absolute Gasteiger partial charge is 0.355 e. The first-order chi connectivity index (χ1) is 35.2. The van der Waals surface area contributed by atoms with Crippen molar-refractivity contribution in [2.24, 2.45) is 5.16 Å². The summed E-state index contributed by atoms with van der Waals surface area (Å²) in [6.45, 7) is 1.42. The van der Waals surface area contributed by atoms with Crippen LogP contribution in [0.3, 0.4) is 0 Å². The van der Waals surface area contributed by atoms with Crippen LogP contribution in [0.1, 0.15) is 52.1 Å². The lowest BCUT2D eigenvalue weighted by Crippen LogP contribution is -2.71. The normalized spacial score (nSPS) is 16.0. The molecule has 3 atom stereocenters. The number of hydrogen-bond donors (Lipinski definition) is 2. The number of nitrogens with zero attached hydrogens (tertiary/aromatic N) is 3. The van der Waals surface area contributed by atoms with Crippen LogP contribution >= 0.6 is 34.7 Å². The number of ether oxygens (including phenoxy) is 3. The second-order valence-electron chi connectivity index (χ2n) is 16.7. The topological polar surface area (TPSA) is 158 Å². The lowest BCUT2D eigenvalue weighted by molar-refractivity contribution is -0.160. The highest BCUT2D eigenvalue weighted by molar-refractivity contribution is 8.00. The molecule has 364 valence electrons. The number of nitrogens with one attached hydrogen (secondary N) is 2. The number of rotatable bonds is 19. The number of thioether (sulfide) groups is 1. The maximum atomic E-state index is 14.7. The van der Waals surface area contributed by atoms with Crippen molar-refractivity contribution < 1.29 is 38.2 Å². The Morgan fingerprint density at radius 2 is 1.33 bits per heavy atom. The van der Waals surface area contributed by atoms with E-state index >= 15 is 0 Å². The van der Waals surface area contributed by atoms with Gasteiger partial charge in [-0.05, 0) is 58.0 Å². The standard InChI is InChI=1S/C56H48ClN5O8S2/c1-36(53(65)69-49(38-18-8-3-9-19-38)39-20-10-4-11-21-39)70-61-46(45-35-72-55(58-45)60-56(41-22-12-5-13-23-41,42-24-14-6-15-25-42)43-26-16-7-17-27-43)50(63)59-47-51(64)62-48(40(32-57)34-71-52(47)62)54(66)68-33-37-28-30-44(67-2)31-29-37/h3-31,35-36,47,49,52H,32-34H2,1-2H3,(H,58,60)(H,59,63)/t36-,47?,52+/m1/s1. The van der Waals surface area contributed by atoms with E-state index in [1.54, 1.807) is 36.8 Å². The zero-order valence-corrected chi connectivity index (χ0v) is 41.4. The Labute approximate surface area is 429 Å². The molecule has 0 saturated carbocycles. The molecule has 0 bridgehead atoms. The molecule has 13 nitrogen and oxygen atoms in total. The third-order valence-corrected chi connectivity index (χ3v) is 14.6. The fourth-order valence-electron chi connectivity index (χ4n) is 8.48. The van der Waals surface area contributed by atoms with Gasteiger partial charge in [-0.25, -0.2) is 14.6 Å². The molecule has 2 N–H and O–H groups in total. The van der Waals surface area contributed by atoms with Crippen molar-refractivity contribution in [2.75, 3.05) is 24.1 Å². The molecule has 3 heterocycles. The highest BCUT2D eigenvalue weighted by Crippen LogP contribution is 2.43. The van der Waals surface area contributed by atoms with Gasteiger partial charge in [0.25, 0.3) is 11.8 Å². The zero-order valence-electron chi connectivity index (χ0n) is 39.1. The van der Waals surface area contributed by atoms with E-state index < -0.39 is 52.9 Å². The Hall–Kier alpha value is -7.72. The number of methoxy groups -OCH3 is 1. The molecule has 6 aromatic carbocycles. The maximum Gasteiger partial charge on any atom is 0.355 e. The van der Waals surface area contributed by atoms with Gasteiger partial charge in [0.05, 0.1) is 7.11 Å². The molecule has 16 heteroatoms. The van der Waals surface area contributed by atoms with E-state index in [1.165, 1.54) is 34.9 Å². The predicted octanol–water partition coefficient (Wildman–Crippen LogP) is 9.63. The Bertz CT molecular complexity index is 2940. The maximum absolute atomic E-state index is 14.7. The highest BCUT2D eigenvalue weighted by atomic mass is 35.5. The molecule has 0 radical (unpaired) electrons. The van der Waals surface area contributed by atoms with Gasteiger partial charge in [-0.15, -0.1) is 34.7 Å². The summed E-state index contributed by atoms with van der Waals surface area (Å²) in [6, 6.07) is 54.5. The molecule has 0 aliphatic carbocycles. The number of alkyl halides is 1. The van der Waals surface area contributed by atoms with Crippen LogP contribution in [0, 0.1) is 0 Å². The molecule has 1 unspecified atom stereocenters. The quantitative estimate of drug-likeness (QED) is 0.0199. The molecular formula is C56H48ClN5O8S2. The van der Waals surface area contributed by atoms with E-state index in [2.05, 4.69) is 15.8 Å². The fraction of sp³-hybridized carbons (Fsp3) is 0.179. The van der Waals surface area contributed by atoms with Gasteiger partial charge in [0.2, 0.25) is 6.10 Å². The average Bonchev–Trinajstić information content (AvgIpc) is 3.90. The Balaban J connectivity index is 1.01. The summed E-state index contributed by atoms with van der Waals surface area (Å²) in [7, 11) is 1.56. The van der Waals surface area contributed by atoms with Gasteiger partial charge >= 0.3 is 11.9 Å². The van der Waals surface area contributed by atoms with Crippen LogP contribution in [0.15, 0.2) is 198 Å². The van der Waals surface area contributed by atoms with Crippen molar-refractivity contribution in [3.63, 3.8) is 0 Å². The zero-order chi connectivity index (χ0) is 50.0. The molecule has 1 saturated heterocycles. The molecule has 2 aliphatic heterocycles. The number of amides is 2. The first-order valence-corrected chi connectivity index (χ1v) is 25.4. The lowest BCUT2D eigenvalue weighted by Gasteiger charge is -2.49. The summed E-state index contributed by atoms with van der Waals surface area (Å²) >= 11 is 8.91. The molecule has 0 spiro atoms. The molecule has 2 aliphatic rings. The van der Waals surface area contributed by atoms with Crippen molar-refractivity contribution in [3.05, 3.63) is 232 Å². The third kappa shape index (κ3) is 10.5.